The Morgan fingerprint density at radius 3 is 2.47 bits per heavy atom. The highest BCUT2D eigenvalue weighted by atomic mass is 16.5. The molecule has 0 heterocycles. The normalized spacial score (nSPS) is 10.3. The lowest BCUT2D eigenvalue weighted by molar-refractivity contribution is 0.279. The van der Waals surface area contributed by atoms with E-state index < -0.39 is 0 Å². The molecule has 0 atom stereocenters. The predicted molar refractivity (Wildman–Crippen MR) is 74.7 cm³/mol. The molecule has 0 bridgehead atoms. The zero-order chi connectivity index (χ0) is 13.7. The van der Waals surface area contributed by atoms with Crippen LogP contribution in [0.4, 0.5) is 0 Å². The summed E-state index contributed by atoms with van der Waals surface area (Å²) in [7, 11) is 3.30. The molecule has 3 heteroatoms. The van der Waals surface area contributed by atoms with Crippen molar-refractivity contribution in [2.75, 3.05) is 14.2 Å². The molecule has 100 valence electrons. The second kappa shape index (κ2) is 6.25. The molecule has 0 spiro atoms. The van der Waals surface area contributed by atoms with E-state index in [1.54, 1.807) is 14.2 Å². The molecule has 0 aliphatic carbocycles. The summed E-state index contributed by atoms with van der Waals surface area (Å²) in [5.74, 6) is 1.63. The SMILES string of the molecule is COc1cccc(Cc2c(CO)cccc2OC)c1. The number of hydrogen-bond acceptors (Lipinski definition) is 3. The molecule has 0 aromatic heterocycles. The third-order valence-corrected chi connectivity index (χ3v) is 3.14. The maximum Gasteiger partial charge on any atom is 0.122 e. The summed E-state index contributed by atoms with van der Waals surface area (Å²) in [6.45, 7) is 0.0104. The maximum atomic E-state index is 9.44. The third-order valence-electron chi connectivity index (χ3n) is 3.14. The van der Waals surface area contributed by atoms with E-state index in [4.69, 9.17) is 9.47 Å². The molecule has 2 aromatic rings. The molecule has 0 saturated heterocycles. The van der Waals surface area contributed by atoms with E-state index in [0.29, 0.717) is 6.42 Å². The lowest BCUT2D eigenvalue weighted by Crippen LogP contribution is -2.00. The van der Waals surface area contributed by atoms with Crippen molar-refractivity contribution in [3.63, 3.8) is 0 Å². The van der Waals surface area contributed by atoms with Crippen LogP contribution in [0.3, 0.4) is 0 Å². The van der Waals surface area contributed by atoms with Gasteiger partial charge in [0.1, 0.15) is 11.5 Å². The Kier molecular flexibility index (Phi) is 4.42. The van der Waals surface area contributed by atoms with Gasteiger partial charge in [0.05, 0.1) is 20.8 Å². The highest BCUT2D eigenvalue weighted by Crippen LogP contribution is 2.26. The number of ether oxygens (including phenoxy) is 2. The van der Waals surface area contributed by atoms with E-state index >= 15 is 0 Å². The zero-order valence-corrected chi connectivity index (χ0v) is 11.2. The van der Waals surface area contributed by atoms with Crippen molar-refractivity contribution in [3.05, 3.63) is 59.2 Å². The van der Waals surface area contributed by atoms with Crippen LogP contribution in [0.25, 0.3) is 0 Å². The summed E-state index contributed by atoms with van der Waals surface area (Å²) in [6, 6.07) is 13.6. The van der Waals surface area contributed by atoms with Crippen molar-refractivity contribution < 1.29 is 14.6 Å². The number of rotatable bonds is 5. The average Bonchev–Trinajstić information content (AvgIpc) is 2.47. The fraction of sp³-hybridized carbons (Fsp3) is 0.250. The molecule has 0 amide bonds. The van der Waals surface area contributed by atoms with Gasteiger partial charge in [-0.25, -0.2) is 0 Å². The lowest BCUT2D eigenvalue weighted by atomic mass is 9.99. The van der Waals surface area contributed by atoms with Crippen molar-refractivity contribution in [2.24, 2.45) is 0 Å². The van der Waals surface area contributed by atoms with Gasteiger partial charge in [0.2, 0.25) is 0 Å². The zero-order valence-electron chi connectivity index (χ0n) is 11.2. The highest BCUT2D eigenvalue weighted by molar-refractivity contribution is 5.44. The monoisotopic (exact) mass is 258 g/mol. The first kappa shape index (κ1) is 13.4. The summed E-state index contributed by atoms with van der Waals surface area (Å²) >= 11 is 0. The molecule has 1 N–H and O–H groups in total. The average molecular weight is 258 g/mol. The summed E-state index contributed by atoms with van der Waals surface area (Å²) < 4.78 is 10.6. The van der Waals surface area contributed by atoms with Crippen molar-refractivity contribution in [1.82, 2.24) is 0 Å². The minimum absolute atomic E-state index is 0.0104. The molecular formula is C16H18O3. The van der Waals surface area contributed by atoms with Crippen LogP contribution in [0.1, 0.15) is 16.7 Å². The van der Waals surface area contributed by atoms with E-state index in [9.17, 15) is 5.11 Å². The molecule has 0 aliphatic rings. The molecule has 0 radical (unpaired) electrons. The minimum atomic E-state index is 0.0104. The van der Waals surface area contributed by atoms with E-state index in [2.05, 4.69) is 0 Å². The molecule has 2 aromatic carbocycles. The standard InChI is InChI=1S/C16H18O3/c1-18-14-7-3-5-12(9-14)10-15-13(11-17)6-4-8-16(15)19-2/h3-9,17H,10-11H2,1-2H3. The van der Waals surface area contributed by atoms with Crippen molar-refractivity contribution in [2.45, 2.75) is 13.0 Å². The number of aliphatic hydroxyl groups is 1. The smallest absolute Gasteiger partial charge is 0.122 e. The predicted octanol–water partition coefficient (Wildman–Crippen LogP) is 2.79. The fourth-order valence-corrected chi connectivity index (χ4v) is 2.14. The van der Waals surface area contributed by atoms with Gasteiger partial charge in [-0.2, -0.15) is 0 Å². The highest BCUT2D eigenvalue weighted by Gasteiger charge is 2.09. The first-order chi connectivity index (χ1) is 9.28. The molecule has 0 aliphatic heterocycles. The van der Waals surface area contributed by atoms with Crippen LogP contribution in [0.15, 0.2) is 42.5 Å². The third kappa shape index (κ3) is 3.06. The lowest BCUT2D eigenvalue weighted by Gasteiger charge is -2.13. The summed E-state index contributed by atoms with van der Waals surface area (Å²) in [5, 5.41) is 9.44. The van der Waals surface area contributed by atoms with Gasteiger partial charge in [0.15, 0.2) is 0 Å². The van der Waals surface area contributed by atoms with E-state index in [-0.39, 0.29) is 6.61 Å². The van der Waals surface area contributed by atoms with Gasteiger partial charge in [-0.15, -0.1) is 0 Å². The molecular weight excluding hydrogens is 240 g/mol. The molecule has 3 nitrogen and oxygen atoms in total. The topological polar surface area (TPSA) is 38.7 Å². The van der Waals surface area contributed by atoms with E-state index in [0.717, 1.165) is 28.2 Å². The van der Waals surface area contributed by atoms with Gasteiger partial charge in [-0.1, -0.05) is 24.3 Å². The van der Waals surface area contributed by atoms with Crippen LogP contribution in [-0.4, -0.2) is 19.3 Å². The second-order valence-corrected chi connectivity index (χ2v) is 4.28. The van der Waals surface area contributed by atoms with Gasteiger partial charge < -0.3 is 14.6 Å². The first-order valence-corrected chi connectivity index (χ1v) is 6.17. The second-order valence-electron chi connectivity index (χ2n) is 4.28. The van der Waals surface area contributed by atoms with Crippen molar-refractivity contribution >= 4 is 0 Å². The summed E-state index contributed by atoms with van der Waals surface area (Å²) in [6.07, 6.45) is 0.705. The number of aliphatic hydroxyl groups excluding tert-OH is 1. The van der Waals surface area contributed by atoms with Gasteiger partial charge in [0.25, 0.3) is 0 Å². The van der Waals surface area contributed by atoms with Crippen LogP contribution in [0.2, 0.25) is 0 Å². The Bertz CT molecular complexity index is 527. The fourth-order valence-electron chi connectivity index (χ4n) is 2.14. The van der Waals surface area contributed by atoms with Gasteiger partial charge >= 0.3 is 0 Å². The van der Waals surface area contributed by atoms with E-state index in [1.807, 2.05) is 42.5 Å². The van der Waals surface area contributed by atoms with Crippen LogP contribution < -0.4 is 9.47 Å². The largest absolute Gasteiger partial charge is 0.497 e. The van der Waals surface area contributed by atoms with Crippen LogP contribution >= 0.6 is 0 Å². The molecule has 0 fully saturated rings. The first-order valence-electron chi connectivity index (χ1n) is 6.17. The Balaban J connectivity index is 2.36. The maximum absolute atomic E-state index is 9.44. The summed E-state index contributed by atoms with van der Waals surface area (Å²) in [5.41, 5.74) is 3.03. The van der Waals surface area contributed by atoms with E-state index in [1.165, 1.54) is 0 Å². The molecule has 0 unspecified atom stereocenters. The van der Waals surface area contributed by atoms with Gasteiger partial charge in [-0.3, -0.25) is 0 Å². The Labute approximate surface area is 113 Å². The minimum Gasteiger partial charge on any atom is -0.497 e. The molecule has 19 heavy (non-hydrogen) atoms. The number of hydrogen-bond donors (Lipinski definition) is 1. The molecule has 2 rings (SSSR count). The Morgan fingerprint density at radius 2 is 1.79 bits per heavy atom. The Morgan fingerprint density at radius 1 is 1.00 bits per heavy atom. The van der Waals surface area contributed by atoms with Crippen molar-refractivity contribution in [3.8, 4) is 11.5 Å². The Hall–Kier alpha value is -2.00. The quantitative estimate of drug-likeness (QED) is 0.896. The van der Waals surface area contributed by atoms with Gasteiger partial charge in [-0.05, 0) is 29.3 Å². The molecule has 0 saturated carbocycles. The van der Waals surface area contributed by atoms with Crippen molar-refractivity contribution in [1.29, 1.82) is 0 Å². The van der Waals surface area contributed by atoms with Crippen LogP contribution in [0.5, 0.6) is 11.5 Å². The van der Waals surface area contributed by atoms with Crippen LogP contribution in [0, 0.1) is 0 Å². The summed E-state index contributed by atoms with van der Waals surface area (Å²) in [4.78, 5) is 0. The number of methoxy groups -OCH3 is 2. The van der Waals surface area contributed by atoms with Crippen LogP contribution in [-0.2, 0) is 13.0 Å². The van der Waals surface area contributed by atoms with Gasteiger partial charge in [0, 0.05) is 12.0 Å². The number of benzene rings is 2.